The summed E-state index contributed by atoms with van der Waals surface area (Å²) in [7, 11) is 0. The van der Waals surface area contributed by atoms with Gasteiger partial charge in [-0.05, 0) is 281 Å². The van der Waals surface area contributed by atoms with E-state index in [4.69, 9.17) is 9.47 Å². The number of hydrogen-bond donors (Lipinski definition) is 0. The molecule has 18 rings (SSSR count). The molecule has 0 saturated heterocycles. The summed E-state index contributed by atoms with van der Waals surface area (Å²) >= 11 is 0. The number of anilines is 6. The molecule has 0 aromatic heterocycles. The van der Waals surface area contributed by atoms with Crippen LogP contribution in [0.5, 0.6) is 23.0 Å². The quantitative estimate of drug-likeness (QED) is 0.102. The molecule has 0 bridgehead atoms. The average molecular weight is 1350 g/mol. The second kappa shape index (κ2) is 25.0. The van der Waals surface area contributed by atoms with E-state index >= 15 is 8.78 Å². The van der Waals surface area contributed by atoms with Crippen molar-refractivity contribution in [3.05, 3.63) is 405 Å². The molecule has 4 aliphatic rings. The molecule has 0 radical (unpaired) electrons. The monoisotopic (exact) mass is 1350 g/mol. The number of hydrogen-bond acceptors (Lipinski definition) is 4. The molecule has 104 heavy (non-hydrogen) atoms. The Morgan fingerprint density at radius 2 is 0.596 bits per heavy atom. The van der Waals surface area contributed by atoms with Gasteiger partial charge in [0.15, 0.2) is 0 Å². The van der Waals surface area contributed by atoms with Crippen molar-refractivity contribution in [2.24, 2.45) is 0 Å². The summed E-state index contributed by atoms with van der Waals surface area (Å²) in [6.07, 6.45) is 4.40. The lowest BCUT2D eigenvalue weighted by atomic mass is 9.67. The molecule has 14 aromatic carbocycles. The highest BCUT2D eigenvalue weighted by Gasteiger charge is 2.48. The molecule has 0 fully saturated rings. The molecular weight excluding hydrogens is 1280 g/mol. The summed E-state index contributed by atoms with van der Waals surface area (Å²) in [6.45, 7) is 13.6. The zero-order chi connectivity index (χ0) is 70.6. The standard InChI is InChI=1S/C98H78F2N2O2/c1-95(2,3)69-31-35-71(36-32-69)97(73-39-51-83(52-40-73)103-85-49-29-65-21-23-67(65)57-85)91-19-9-7-17-87(91)89-55-47-81(61-93(89)97)101(79-15-11-13-75(99)59-79)77-43-25-63(26-44-77)64-27-45-78(46-28-64)102(80-16-12-14-76(100)60-80)82-48-56-90-88-18-8-10-20-92(88)98(94(90)62-82,72-37-33-70(34-38-72)96(4,5)6)74-41-53-84(54-42-74)104-86-50-30-66-22-24-68(66)58-86/h7-20,25-62H,21-24H2,1-6H3. The van der Waals surface area contributed by atoms with Gasteiger partial charge in [-0.25, -0.2) is 8.78 Å². The third-order valence-electron chi connectivity index (χ3n) is 22.4. The first-order chi connectivity index (χ1) is 50.5. The third-order valence-corrected chi connectivity index (χ3v) is 22.4. The number of ether oxygens (including phenoxy) is 2. The topological polar surface area (TPSA) is 24.9 Å². The highest BCUT2D eigenvalue weighted by atomic mass is 19.1. The lowest BCUT2D eigenvalue weighted by Crippen LogP contribution is -2.29. The lowest BCUT2D eigenvalue weighted by molar-refractivity contribution is 0.480. The van der Waals surface area contributed by atoms with Crippen LogP contribution in [0.1, 0.15) is 119 Å². The largest absolute Gasteiger partial charge is 0.457 e. The Labute approximate surface area is 608 Å². The third kappa shape index (κ3) is 10.9. The van der Waals surface area contributed by atoms with E-state index in [1.165, 1.54) is 67.8 Å². The summed E-state index contributed by atoms with van der Waals surface area (Å²) in [6, 6.07) is 111. The SMILES string of the molecule is CC(C)(C)c1ccc(C2(c3ccc(Oc4ccc5c(c4)CC5)cc3)c3ccccc3-c3ccc(N(c4ccc(-c5ccc(N(c6cccc(F)c6)c6ccc7c(c6)C(c6ccc(Oc8ccc9c(c8)CC9)cc6)(c6ccc(C(C)(C)C)cc6)c6ccccc6-7)cc5)cc4)c4cccc(F)c4)cc32)cc1. The van der Waals surface area contributed by atoms with E-state index in [0.29, 0.717) is 11.4 Å². The summed E-state index contributed by atoms with van der Waals surface area (Å²) in [5, 5.41) is 0. The van der Waals surface area contributed by atoms with Crippen molar-refractivity contribution in [3.8, 4) is 56.4 Å². The molecule has 4 nitrogen and oxygen atoms in total. The first kappa shape index (κ1) is 64.3. The Kier molecular flexibility index (Phi) is 15.4. The zero-order valence-corrected chi connectivity index (χ0v) is 59.3. The van der Waals surface area contributed by atoms with Crippen LogP contribution in [-0.2, 0) is 47.3 Å². The molecule has 6 heteroatoms. The van der Waals surface area contributed by atoms with Gasteiger partial charge in [-0.2, -0.15) is 0 Å². The summed E-state index contributed by atoms with van der Waals surface area (Å²) in [4.78, 5) is 4.33. The Hall–Kier alpha value is -11.9. The highest BCUT2D eigenvalue weighted by molar-refractivity contribution is 5.92. The van der Waals surface area contributed by atoms with Crippen LogP contribution in [0, 0.1) is 11.6 Å². The molecule has 0 aliphatic heterocycles. The lowest BCUT2D eigenvalue weighted by Gasteiger charge is -2.35. The molecule has 4 aliphatic carbocycles. The number of rotatable bonds is 15. The van der Waals surface area contributed by atoms with E-state index in [1.807, 2.05) is 12.1 Å². The molecular formula is C98H78F2N2O2. The van der Waals surface area contributed by atoms with Crippen LogP contribution < -0.4 is 19.3 Å². The van der Waals surface area contributed by atoms with Crippen LogP contribution in [0.15, 0.2) is 315 Å². The molecule has 0 spiro atoms. The molecule has 2 unspecified atom stereocenters. The number of aryl methyl sites for hydroxylation is 4. The van der Waals surface area contributed by atoms with Crippen molar-refractivity contribution in [2.45, 2.75) is 88.9 Å². The van der Waals surface area contributed by atoms with E-state index in [2.05, 4.69) is 318 Å². The Balaban J connectivity index is 0.715. The predicted molar refractivity (Wildman–Crippen MR) is 421 cm³/mol. The minimum Gasteiger partial charge on any atom is -0.457 e. The normalized spacial score (nSPS) is 15.8. The van der Waals surface area contributed by atoms with E-state index in [-0.39, 0.29) is 22.5 Å². The van der Waals surface area contributed by atoms with Crippen molar-refractivity contribution in [1.29, 1.82) is 0 Å². The maximum atomic E-state index is 15.8. The number of halogens is 2. The van der Waals surface area contributed by atoms with Gasteiger partial charge in [0.1, 0.15) is 34.6 Å². The maximum absolute atomic E-state index is 15.8. The van der Waals surface area contributed by atoms with E-state index in [0.717, 1.165) is 127 Å². The van der Waals surface area contributed by atoms with Crippen molar-refractivity contribution < 1.29 is 18.3 Å². The first-order valence-corrected chi connectivity index (χ1v) is 36.4. The van der Waals surface area contributed by atoms with Gasteiger partial charge < -0.3 is 19.3 Å². The number of fused-ring (bicyclic) bond motifs is 8. The minimum absolute atomic E-state index is 0.0540. The Bertz CT molecular complexity index is 5300. The van der Waals surface area contributed by atoms with Crippen molar-refractivity contribution in [1.82, 2.24) is 0 Å². The Morgan fingerprint density at radius 1 is 0.269 bits per heavy atom. The van der Waals surface area contributed by atoms with Gasteiger partial charge in [0.05, 0.1) is 10.8 Å². The van der Waals surface area contributed by atoms with E-state index in [1.54, 1.807) is 24.3 Å². The Morgan fingerprint density at radius 3 is 0.942 bits per heavy atom. The van der Waals surface area contributed by atoms with E-state index < -0.39 is 10.8 Å². The molecule has 0 N–H and O–H groups in total. The average Bonchev–Trinajstić information content (AvgIpc) is 1.56. The first-order valence-electron chi connectivity index (χ1n) is 36.4. The van der Waals surface area contributed by atoms with Crippen LogP contribution in [0.3, 0.4) is 0 Å². The second-order valence-electron chi connectivity index (χ2n) is 30.5. The number of nitrogens with zero attached hydrogens (tertiary/aromatic N) is 2. The van der Waals surface area contributed by atoms with Gasteiger partial charge in [0.2, 0.25) is 0 Å². The molecule has 0 heterocycles. The molecule has 14 aromatic rings. The van der Waals surface area contributed by atoms with Gasteiger partial charge in [-0.1, -0.05) is 224 Å². The molecule has 0 saturated carbocycles. The number of benzene rings is 14. The zero-order valence-electron chi connectivity index (χ0n) is 59.3. The van der Waals surface area contributed by atoms with Crippen LogP contribution in [0.2, 0.25) is 0 Å². The fourth-order valence-electron chi connectivity index (χ4n) is 16.8. The van der Waals surface area contributed by atoms with Crippen LogP contribution in [0.25, 0.3) is 33.4 Å². The van der Waals surface area contributed by atoms with Crippen LogP contribution >= 0.6 is 0 Å². The predicted octanol–water partition coefficient (Wildman–Crippen LogP) is 25.7. The van der Waals surface area contributed by atoms with Gasteiger partial charge >= 0.3 is 0 Å². The van der Waals surface area contributed by atoms with Gasteiger partial charge in [0.25, 0.3) is 0 Å². The highest BCUT2D eigenvalue weighted by Crippen LogP contribution is 2.60. The van der Waals surface area contributed by atoms with Gasteiger partial charge in [-0.15, -0.1) is 0 Å². The van der Waals surface area contributed by atoms with Gasteiger partial charge in [0, 0.05) is 34.1 Å². The maximum Gasteiger partial charge on any atom is 0.127 e. The summed E-state index contributed by atoms with van der Waals surface area (Å²) in [5.74, 6) is 2.59. The minimum atomic E-state index is -0.747. The molecule has 2 atom stereocenters. The van der Waals surface area contributed by atoms with Crippen LogP contribution in [-0.4, -0.2) is 0 Å². The molecule has 506 valence electrons. The second-order valence-corrected chi connectivity index (χ2v) is 30.5. The van der Waals surface area contributed by atoms with Crippen LogP contribution in [0.4, 0.5) is 42.9 Å². The fraction of sp³-hybridized carbons (Fsp3) is 0.143. The smallest absolute Gasteiger partial charge is 0.127 e. The van der Waals surface area contributed by atoms with Gasteiger partial charge in [-0.3, -0.25) is 0 Å². The van der Waals surface area contributed by atoms with Crippen molar-refractivity contribution in [2.75, 3.05) is 9.80 Å². The summed E-state index contributed by atoms with van der Waals surface area (Å²) < 4.78 is 44.8. The van der Waals surface area contributed by atoms with Crippen molar-refractivity contribution >= 4 is 34.1 Å². The summed E-state index contributed by atoms with van der Waals surface area (Å²) in [5.41, 5.74) is 27.1. The van der Waals surface area contributed by atoms with Crippen molar-refractivity contribution in [3.63, 3.8) is 0 Å². The van der Waals surface area contributed by atoms with E-state index in [9.17, 15) is 0 Å². The molecule has 0 amide bonds. The fourth-order valence-corrected chi connectivity index (χ4v) is 16.8.